The van der Waals surface area contributed by atoms with Crippen LogP contribution in [0.15, 0.2) is 60.7 Å². The van der Waals surface area contributed by atoms with Gasteiger partial charge in [-0.1, -0.05) is 48.5 Å². The fourth-order valence-electron chi connectivity index (χ4n) is 4.23. The molecular formula is C23H24N2O3. The first-order valence-electron chi connectivity index (χ1n) is 9.63. The number of pyridine rings is 1. The van der Waals surface area contributed by atoms with Crippen LogP contribution in [-0.2, 0) is 17.8 Å². The highest BCUT2D eigenvalue weighted by atomic mass is 16.4. The van der Waals surface area contributed by atoms with E-state index in [1.807, 2.05) is 65.6 Å². The summed E-state index contributed by atoms with van der Waals surface area (Å²) in [5.41, 5.74) is 1.75. The molecule has 0 spiro atoms. The highest BCUT2D eigenvalue weighted by molar-refractivity contribution is 5.82. The van der Waals surface area contributed by atoms with Crippen molar-refractivity contribution >= 4 is 22.7 Å². The number of aromatic nitrogens is 1. The fraction of sp³-hybridized carbons (Fsp3) is 0.304. The smallest absolute Gasteiger partial charge is 0.311 e. The summed E-state index contributed by atoms with van der Waals surface area (Å²) in [5, 5.41) is 21.0. The number of fused-ring (bicyclic) bond motifs is 1. The van der Waals surface area contributed by atoms with E-state index in [1.165, 1.54) is 0 Å². The summed E-state index contributed by atoms with van der Waals surface area (Å²) in [5.74, 6) is -0.0769. The van der Waals surface area contributed by atoms with Crippen molar-refractivity contribution in [3.8, 4) is 0 Å². The van der Waals surface area contributed by atoms with Gasteiger partial charge in [0.15, 0.2) is 0 Å². The van der Waals surface area contributed by atoms with E-state index in [0.29, 0.717) is 25.2 Å². The molecule has 2 N–H and O–H groups in total. The Labute approximate surface area is 164 Å². The number of anilines is 1. The predicted molar refractivity (Wildman–Crippen MR) is 109 cm³/mol. The minimum Gasteiger partial charge on any atom is -0.481 e. The number of nitrogens with zero attached hydrogens (tertiary/aromatic N) is 2. The Morgan fingerprint density at radius 3 is 2.61 bits per heavy atom. The molecule has 1 atom stereocenters. The van der Waals surface area contributed by atoms with E-state index in [1.54, 1.807) is 0 Å². The van der Waals surface area contributed by atoms with Crippen molar-refractivity contribution in [3.63, 3.8) is 0 Å². The molecule has 0 bridgehead atoms. The second-order valence-corrected chi connectivity index (χ2v) is 7.59. The summed E-state index contributed by atoms with van der Waals surface area (Å²) in [7, 11) is 0. The van der Waals surface area contributed by atoms with Crippen molar-refractivity contribution in [2.45, 2.75) is 25.9 Å². The van der Waals surface area contributed by atoms with Crippen LogP contribution in [0.3, 0.4) is 0 Å². The largest absolute Gasteiger partial charge is 0.481 e. The van der Waals surface area contributed by atoms with Gasteiger partial charge in [0.1, 0.15) is 5.82 Å². The first kappa shape index (κ1) is 18.4. The van der Waals surface area contributed by atoms with Gasteiger partial charge in [-0.15, -0.1) is 0 Å². The molecule has 0 amide bonds. The lowest BCUT2D eigenvalue weighted by molar-refractivity contribution is -0.149. The Kier molecular flexibility index (Phi) is 5.01. The fourth-order valence-corrected chi connectivity index (χ4v) is 4.23. The molecule has 1 aromatic heterocycles. The summed E-state index contributed by atoms with van der Waals surface area (Å²) < 4.78 is 0. The van der Waals surface area contributed by atoms with Crippen LogP contribution in [0.1, 0.15) is 24.0 Å². The quantitative estimate of drug-likeness (QED) is 0.711. The van der Waals surface area contributed by atoms with Crippen LogP contribution in [-0.4, -0.2) is 34.3 Å². The topological polar surface area (TPSA) is 73.7 Å². The molecule has 1 aliphatic heterocycles. The summed E-state index contributed by atoms with van der Waals surface area (Å²) in [6.07, 6.45) is 1.90. The lowest BCUT2D eigenvalue weighted by Gasteiger charge is -2.41. The van der Waals surface area contributed by atoms with Gasteiger partial charge in [-0.2, -0.15) is 0 Å². The highest BCUT2D eigenvalue weighted by Gasteiger charge is 2.43. The molecule has 2 heterocycles. The lowest BCUT2D eigenvalue weighted by Crippen LogP contribution is -2.49. The number of para-hydroxylation sites is 1. The van der Waals surface area contributed by atoms with Gasteiger partial charge in [0, 0.05) is 24.0 Å². The summed E-state index contributed by atoms with van der Waals surface area (Å²) in [4.78, 5) is 19.1. The molecule has 0 saturated carbocycles. The normalized spacial score (nSPS) is 19.7. The lowest BCUT2D eigenvalue weighted by atomic mass is 9.75. The maximum atomic E-state index is 12.3. The molecule has 0 radical (unpaired) electrons. The van der Waals surface area contributed by atoms with Crippen molar-refractivity contribution in [2.75, 3.05) is 18.0 Å². The van der Waals surface area contributed by atoms with Crippen molar-refractivity contribution in [1.82, 2.24) is 4.98 Å². The first-order valence-corrected chi connectivity index (χ1v) is 9.63. The Hall–Kier alpha value is -2.92. The van der Waals surface area contributed by atoms with E-state index < -0.39 is 11.4 Å². The van der Waals surface area contributed by atoms with Crippen LogP contribution < -0.4 is 4.90 Å². The van der Waals surface area contributed by atoms with E-state index >= 15 is 0 Å². The van der Waals surface area contributed by atoms with Gasteiger partial charge >= 0.3 is 5.97 Å². The minimum absolute atomic E-state index is 0.123. The Balaban J connectivity index is 1.71. The second-order valence-electron chi connectivity index (χ2n) is 7.59. The van der Waals surface area contributed by atoms with Crippen LogP contribution >= 0.6 is 0 Å². The Bertz CT molecular complexity index is 990. The molecule has 28 heavy (non-hydrogen) atoms. The number of hydrogen-bond acceptors (Lipinski definition) is 4. The molecule has 1 aliphatic rings. The number of piperidine rings is 1. The second kappa shape index (κ2) is 7.60. The molecule has 4 rings (SSSR count). The summed E-state index contributed by atoms with van der Waals surface area (Å²) >= 11 is 0. The zero-order valence-corrected chi connectivity index (χ0v) is 15.7. The number of carboxylic acids is 1. The first-order chi connectivity index (χ1) is 13.6. The Morgan fingerprint density at radius 1 is 1.11 bits per heavy atom. The van der Waals surface area contributed by atoms with Gasteiger partial charge in [-0.3, -0.25) is 4.79 Å². The molecular weight excluding hydrogens is 352 g/mol. The maximum absolute atomic E-state index is 12.3. The summed E-state index contributed by atoms with van der Waals surface area (Å²) in [6, 6.07) is 19.5. The predicted octanol–water partition coefficient (Wildman–Crippen LogP) is 3.64. The minimum atomic E-state index is -0.861. The number of aliphatic hydroxyl groups is 1. The third kappa shape index (κ3) is 3.45. The van der Waals surface area contributed by atoms with Gasteiger partial charge in [-0.05, 0) is 37.0 Å². The number of carboxylic acid groups (broad SMARTS) is 1. The van der Waals surface area contributed by atoms with Gasteiger partial charge in [0.05, 0.1) is 17.5 Å². The van der Waals surface area contributed by atoms with Crippen molar-refractivity contribution in [2.24, 2.45) is 5.41 Å². The molecule has 2 aromatic carbocycles. The molecule has 144 valence electrons. The average molecular weight is 376 g/mol. The number of carbonyl (C=O) groups is 1. The van der Waals surface area contributed by atoms with Crippen molar-refractivity contribution < 1.29 is 15.0 Å². The van der Waals surface area contributed by atoms with Gasteiger partial charge in [-0.25, -0.2) is 4.98 Å². The molecule has 3 aromatic rings. The van der Waals surface area contributed by atoms with E-state index in [0.717, 1.165) is 35.0 Å². The van der Waals surface area contributed by atoms with Crippen molar-refractivity contribution in [3.05, 3.63) is 71.8 Å². The van der Waals surface area contributed by atoms with E-state index in [-0.39, 0.29) is 6.61 Å². The van der Waals surface area contributed by atoms with Crippen molar-refractivity contribution in [1.29, 1.82) is 0 Å². The zero-order chi connectivity index (χ0) is 19.6. The molecule has 1 fully saturated rings. The Morgan fingerprint density at radius 2 is 1.86 bits per heavy atom. The van der Waals surface area contributed by atoms with Crippen LogP contribution in [0.2, 0.25) is 0 Å². The van der Waals surface area contributed by atoms with Gasteiger partial charge in [0.25, 0.3) is 0 Å². The van der Waals surface area contributed by atoms with Gasteiger partial charge in [0.2, 0.25) is 0 Å². The van der Waals surface area contributed by atoms with E-state index in [2.05, 4.69) is 0 Å². The zero-order valence-electron chi connectivity index (χ0n) is 15.7. The molecule has 0 unspecified atom stereocenters. The number of aliphatic hydroxyl groups excluding tert-OH is 1. The van der Waals surface area contributed by atoms with Crippen LogP contribution in [0.5, 0.6) is 0 Å². The highest BCUT2D eigenvalue weighted by Crippen LogP contribution is 2.37. The number of aliphatic carboxylic acids is 1. The number of hydrogen-bond donors (Lipinski definition) is 2. The SMILES string of the molecule is O=C(O)[C@]1(Cc2ccccc2)CCCN(c2nc3ccccc3cc2CO)C1. The maximum Gasteiger partial charge on any atom is 0.311 e. The third-order valence-electron chi connectivity index (χ3n) is 5.67. The monoisotopic (exact) mass is 376 g/mol. The van der Waals surface area contributed by atoms with Crippen LogP contribution in [0.4, 0.5) is 5.82 Å². The van der Waals surface area contributed by atoms with Gasteiger partial charge < -0.3 is 15.1 Å². The molecule has 5 heteroatoms. The number of rotatable bonds is 5. The van der Waals surface area contributed by atoms with Crippen LogP contribution in [0, 0.1) is 5.41 Å². The number of benzene rings is 2. The third-order valence-corrected chi connectivity index (χ3v) is 5.67. The molecule has 5 nitrogen and oxygen atoms in total. The molecule has 1 saturated heterocycles. The van der Waals surface area contributed by atoms with E-state index in [9.17, 15) is 15.0 Å². The standard InChI is InChI=1S/C23H24N2O3/c26-15-19-13-18-9-4-5-10-20(18)24-21(19)25-12-6-11-23(16-25,22(27)28)14-17-7-2-1-3-8-17/h1-5,7-10,13,26H,6,11-12,14-16H2,(H,27,28)/t23-/m0/s1. The van der Waals surface area contributed by atoms with Crippen LogP contribution in [0.25, 0.3) is 10.9 Å². The molecule has 0 aliphatic carbocycles. The van der Waals surface area contributed by atoms with E-state index in [4.69, 9.17) is 4.98 Å². The average Bonchev–Trinajstić information content (AvgIpc) is 2.73. The summed E-state index contributed by atoms with van der Waals surface area (Å²) in [6.45, 7) is 1.00.